The summed E-state index contributed by atoms with van der Waals surface area (Å²) in [5, 5.41) is 0. The maximum atomic E-state index is 12.3. The van der Waals surface area contributed by atoms with Crippen molar-refractivity contribution >= 4 is 5.91 Å². The fourth-order valence-electron chi connectivity index (χ4n) is 2.37. The van der Waals surface area contributed by atoms with Crippen molar-refractivity contribution in [1.82, 2.24) is 9.80 Å². The molecule has 1 saturated heterocycles. The molecule has 0 bridgehead atoms. The van der Waals surface area contributed by atoms with Crippen LogP contribution in [0.4, 0.5) is 0 Å². The molecule has 18 heavy (non-hydrogen) atoms. The van der Waals surface area contributed by atoms with Crippen LogP contribution in [0.5, 0.6) is 0 Å². The first kappa shape index (κ1) is 15.4. The fourth-order valence-corrected chi connectivity index (χ4v) is 2.37. The topological polar surface area (TPSA) is 32.8 Å². The maximum absolute atomic E-state index is 12.3. The zero-order valence-electron chi connectivity index (χ0n) is 12.3. The highest BCUT2D eigenvalue weighted by Crippen LogP contribution is 2.11. The van der Waals surface area contributed by atoms with Crippen molar-refractivity contribution in [1.29, 1.82) is 0 Å². The Hall–Kier alpha value is -0.610. The Bertz CT molecular complexity index is 252. The summed E-state index contributed by atoms with van der Waals surface area (Å²) >= 11 is 0. The molecule has 0 saturated carbocycles. The Morgan fingerprint density at radius 2 is 1.89 bits per heavy atom. The van der Waals surface area contributed by atoms with E-state index in [1.165, 1.54) is 0 Å². The van der Waals surface area contributed by atoms with E-state index in [0.29, 0.717) is 12.6 Å². The van der Waals surface area contributed by atoms with Gasteiger partial charge in [0.1, 0.15) is 0 Å². The first-order valence-electron chi connectivity index (χ1n) is 7.21. The highest BCUT2D eigenvalue weighted by molar-refractivity contribution is 5.78. The largest absolute Gasteiger partial charge is 0.376 e. The summed E-state index contributed by atoms with van der Waals surface area (Å²) in [5.41, 5.74) is 0. The van der Waals surface area contributed by atoms with Crippen molar-refractivity contribution < 1.29 is 9.53 Å². The number of nitrogens with zero attached hydrogens (tertiary/aromatic N) is 2. The molecule has 4 nitrogen and oxygen atoms in total. The van der Waals surface area contributed by atoms with Crippen LogP contribution in [-0.4, -0.2) is 60.6 Å². The predicted molar refractivity (Wildman–Crippen MR) is 73.6 cm³/mol. The Balaban J connectivity index is 2.49. The molecular formula is C14H28N2O2. The van der Waals surface area contributed by atoms with E-state index in [2.05, 4.69) is 32.6 Å². The van der Waals surface area contributed by atoms with E-state index in [1.54, 1.807) is 0 Å². The molecule has 1 fully saturated rings. The molecule has 0 N–H and O–H groups in total. The quantitative estimate of drug-likeness (QED) is 0.726. The van der Waals surface area contributed by atoms with E-state index >= 15 is 0 Å². The first-order valence-corrected chi connectivity index (χ1v) is 7.21. The van der Waals surface area contributed by atoms with E-state index in [4.69, 9.17) is 4.74 Å². The van der Waals surface area contributed by atoms with Gasteiger partial charge in [0, 0.05) is 25.7 Å². The zero-order valence-corrected chi connectivity index (χ0v) is 12.3. The van der Waals surface area contributed by atoms with Crippen LogP contribution in [0, 0.1) is 0 Å². The minimum atomic E-state index is 0.236. The number of amides is 1. The molecule has 0 radical (unpaired) electrons. The molecule has 0 aliphatic carbocycles. The molecule has 1 rings (SSSR count). The number of hydrogen-bond donors (Lipinski definition) is 0. The van der Waals surface area contributed by atoms with E-state index < -0.39 is 0 Å². The van der Waals surface area contributed by atoms with E-state index in [-0.39, 0.29) is 12.0 Å². The van der Waals surface area contributed by atoms with Crippen LogP contribution >= 0.6 is 0 Å². The van der Waals surface area contributed by atoms with E-state index in [1.807, 2.05) is 4.90 Å². The predicted octanol–water partition coefficient (Wildman–Crippen LogP) is 1.74. The molecule has 1 heterocycles. The fraction of sp³-hybridized carbons (Fsp3) is 0.929. The van der Waals surface area contributed by atoms with Crippen molar-refractivity contribution in [2.75, 3.05) is 32.8 Å². The second-order valence-corrected chi connectivity index (χ2v) is 5.30. The third kappa shape index (κ3) is 4.58. The zero-order chi connectivity index (χ0) is 13.5. The van der Waals surface area contributed by atoms with Gasteiger partial charge in [-0.25, -0.2) is 0 Å². The summed E-state index contributed by atoms with van der Waals surface area (Å²) in [6, 6.07) is 0.343. The molecule has 0 aromatic carbocycles. The van der Waals surface area contributed by atoms with Crippen LogP contribution in [0.1, 0.15) is 40.5 Å². The lowest BCUT2D eigenvalue weighted by atomic mass is 10.2. The SMILES string of the molecule is CCCN(CCC)C(=O)CN1CC(C)OCC1C. The van der Waals surface area contributed by atoms with Gasteiger partial charge >= 0.3 is 0 Å². The molecule has 106 valence electrons. The van der Waals surface area contributed by atoms with Crippen LogP contribution in [0.15, 0.2) is 0 Å². The lowest BCUT2D eigenvalue weighted by Gasteiger charge is -2.37. The van der Waals surface area contributed by atoms with Crippen molar-refractivity contribution in [3.63, 3.8) is 0 Å². The third-order valence-electron chi connectivity index (χ3n) is 3.42. The van der Waals surface area contributed by atoms with Gasteiger partial charge in [0.2, 0.25) is 5.91 Å². The monoisotopic (exact) mass is 256 g/mol. The number of ether oxygens (including phenoxy) is 1. The normalized spacial score (nSPS) is 25.1. The van der Waals surface area contributed by atoms with Gasteiger partial charge in [-0.05, 0) is 26.7 Å². The molecule has 0 aromatic rings. The second-order valence-electron chi connectivity index (χ2n) is 5.30. The van der Waals surface area contributed by atoms with Crippen molar-refractivity contribution in [2.24, 2.45) is 0 Å². The van der Waals surface area contributed by atoms with Gasteiger partial charge in [0.05, 0.1) is 19.3 Å². The average molecular weight is 256 g/mol. The summed E-state index contributed by atoms with van der Waals surface area (Å²) in [5.74, 6) is 0.264. The summed E-state index contributed by atoms with van der Waals surface area (Å²) in [7, 11) is 0. The highest BCUT2D eigenvalue weighted by atomic mass is 16.5. The number of rotatable bonds is 6. The van der Waals surface area contributed by atoms with Gasteiger partial charge in [0.15, 0.2) is 0 Å². The number of carbonyl (C=O) groups is 1. The molecular weight excluding hydrogens is 228 g/mol. The Morgan fingerprint density at radius 3 is 2.44 bits per heavy atom. The van der Waals surface area contributed by atoms with Crippen molar-refractivity contribution in [3.8, 4) is 0 Å². The Kier molecular flexibility index (Phi) is 6.65. The summed E-state index contributed by atoms with van der Waals surface area (Å²) < 4.78 is 5.59. The molecule has 2 atom stereocenters. The van der Waals surface area contributed by atoms with Crippen molar-refractivity contribution in [3.05, 3.63) is 0 Å². The Morgan fingerprint density at radius 1 is 1.28 bits per heavy atom. The van der Waals surface area contributed by atoms with Gasteiger partial charge in [-0.3, -0.25) is 9.69 Å². The highest BCUT2D eigenvalue weighted by Gasteiger charge is 2.26. The molecule has 1 amide bonds. The first-order chi connectivity index (χ1) is 8.58. The molecule has 1 aliphatic heterocycles. The van der Waals surface area contributed by atoms with E-state index in [9.17, 15) is 4.79 Å². The maximum Gasteiger partial charge on any atom is 0.236 e. The van der Waals surface area contributed by atoms with Crippen LogP contribution in [0.2, 0.25) is 0 Å². The summed E-state index contributed by atoms with van der Waals surface area (Å²) in [4.78, 5) is 16.5. The average Bonchev–Trinajstić information content (AvgIpc) is 2.33. The third-order valence-corrected chi connectivity index (χ3v) is 3.42. The summed E-state index contributed by atoms with van der Waals surface area (Å²) in [6.45, 7) is 12.3. The van der Waals surface area contributed by atoms with Gasteiger partial charge in [0.25, 0.3) is 0 Å². The Labute approximate surface area is 111 Å². The summed E-state index contributed by atoms with van der Waals surface area (Å²) in [6.07, 6.45) is 2.29. The minimum Gasteiger partial charge on any atom is -0.376 e. The molecule has 0 spiro atoms. The second kappa shape index (κ2) is 7.74. The van der Waals surface area contributed by atoms with Gasteiger partial charge in [-0.2, -0.15) is 0 Å². The number of carbonyl (C=O) groups excluding carboxylic acids is 1. The molecule has 2 unspecified atom stereocenters. The molecule has 0 aromatic heterocycles. The number of morpholine rings is 1. The van der Waals surface area contributed by atoms with Crippen molar-refractivity contribution in [2.45, 2.75) is 52.7 Å². The molecule has 4 heteroatoms. The van der Waals surface area contributed by atoms with Gasteiger partial charge in [-0.15, -0.1) is 0 Å². The lowest BCUT2D eigenvalue weighted by molar-refractivity contribution is -0.136. The minimum absolute atomic E-state index is 0.236. The van der Waals surface area contributed by atoms with Gasteiger partial charge < -0.3 is 9.64 Å². The lowest BCUT2D eigenvalue weighted by Crippen LogP contribution is -2.51. The van der Waals surface area contributed by atoms with Crippen LogP contribution in [-0.2, 0) is 9.53 Å². The van der Waals surface area contributed by atoms with Crippen LogP contribution in [0.25, 0.3) is 0 Å². The standard InChI is InChI=1S/C14H28N2O2/c1-5-7-15(8-6-2)14(17)10-16-9-13(4)18-11-12(16)3/h12-13H,5-11H2,1-4H3. The molecule has 1 aliphatic rings. The number of hydrogen-bond acceptors (Lipinski definition) is 3. The van der Waals surface area contributed by atoms with Crippen LogP contribution < -0.4 is 0 Å². The van der Waals surface area contributed by atoms with Gasteiger partial charge in [-0.1, -0.05) is 13.8 Å². The van der Waals surface area contributed by atoms with E-state index in [0.717, 1.165) is 39.1 Å². The van der Waals surface area contributed by atoms with Crippen LogP contribution in [0.3, 0.4) is 0 Å². The smallest absolute Gasteiger partial charge is 0.236 e.